The van der Waals surface area contributed by atoms with Crippen molar-refractivity contribution in [3.63, 3.8) is 0 Å². The summed E-state index contributed by atoms with van der Waals surface area (Å²) in [6, 6.07) is 22.7. The summed E-state index contributed by atoms with van der Waals surface area (Å²) in [6.45, 7) is 0.281. The van der Waals surface area contributed by atoms with Gasteiger partial charge in [-0.25, -0.2) is 14.2 Å². The SMILES string of the molecule is O=C1OC(c2ccccc2)=N/C1=C\c1ccccc1OCc1ccc(F)cc1. The topological polar surface area (TPSA) is 47.9 Å². The van der Waals surface area contributed by atoms with Crippen molar-refractivity contribution in [2.24, 2.45) is 4.99 Å². The normalized spacial score (nSPS) is 14.7. The van der Waals surface area contributed by atoms with Crippen LogP contribution in [0.2, 0.25) is 0 Å². The molecule has 0 fully saturated rings. The van der Waals surface area contributed by atoms with Crippen molar-refractivity contribution in [1.29, 1.82) is 0 Å². The lowest BCUT2D eigenvalue weighted by Crippen LogP contribution is -2.05. The zero-order chi connectivity index (χ0) is 19.3. The van der Waals surface area contributed by atoms with Crippen LogP contribution in [-0.4, -0.2) is 11.9 Å². The van der Waals surface area contributed by atoms with E-state index in [0.29, 0.717) is 11.3 Å². The van der Waals surface area contributed by atoms with Gasteiger partial charge in [0.25, 0.3) is 0 Å². The fraction of sp³-hybridized carbons (Fsp3) is 0.0435. The molecule has 0 amide bonds. The number of benzene rings is 3. The third-order valence-corrected chi connectivity index (χ3v) is 4.16. The molecule has 0 radical (unpaired) electrons. The van der Waals surface area contributed by atoms with E-state index in [1.54, 1.807) is 24.3 Å². The molecule has 1 heterocycles. The lowest BCUT2D eigenvalue weighted by atomic mass is 10.1. The summed E-state index contributed by atoms with van der Waals surface area (Å²) in [5.41, 5.74) is 2.49. The molecule has 1 aliphatic rings. The third kappa shape index (κ3) is 3.99. The number of carbonyl (C=O) groups is 1. The molecular weight excluding hydrogens is 357 g/mol. The van der Waals surface area contributed by atoms with Gasteiger partial charge in [0.2, 0.25) is 5.90 Å². The molecule has 1 aliphatic heterocycles. The van der Waals surface area contributed by atoms with Gasteiger partial charge in [0.15, 0.2) is 5.70 Å². The molecule has 28 heavy (non-hydrogen) atoms. The second-order valence-corrected chi connectivity index (χ2v) is 6.16. The van der Waals surface area contributed by atoms with E-state index in [4.69, 9.17) is 9.47 Å². The number of para-hydroxylation sites is 1. The number of cyclic esters (lactones) is 1. The van der Waals surface area contributed by atoms with Crippen LogP contribution in [0.4, 0.5) is 4.39 Å². The minimum absolute atomic E-state index is 0.205. The molecule has 4 nitrogen and oxygen atoms in total. The van der Waals surface area contributed by atoms with E-state index in [9.17, 15) is 9.18 Å². The summed E-state index contributed by atoms with van der Waals surface area (Å²) in [5, 5.41) is 0. The monoisotopic (exact) mass is 373 g/mol. The highest BCUT2D eigenvalue weighted by atomic mass is 19.1. The molecule has 0 saturated heterocycles. The highest BCUT2D eigenvalue weighted by Crippen LogP contribution is 2.25. The predicted octanol–water partition coefficient (Wildman–Crippen LogP) is 4.75. The molecule has 0 spiro atoms. The molecule has 4 rings (SSSR count). The second kappa shape index (κ2) is 7.88. The summed E-state index contributed by atoms with van der Waals surface area (Å²) >= 11 is 0. The first kappa shape index (κ1) is 17.7. The lowest BCUT2D eigenvalue weighted by molar-refractivity contribution is -0.129. The fourth-order valence-corrected chi connectivity index (χ4v) is 2.73. The molecule has 5 heteroatoms. The molecule has 3 aromatic rings. The van der Waals surface area contributed by atoms with Gasteiger partial charge in [-0.1, -0.05) is 48.5 Å². The van der Waals surface area contributed by atoms with Crippen molar-refractivity contribution in [2.45, 2.75) is 6.61 Å². The minimum atomic E-state index is -0.507. The van der Waals surface area contributed by atoms with E-state index in [2.05, 4.69) is 4.99 Å². The zero-order valence-electron chi connectivity index (χ0n) is 14.8. The molecule has 0 bridgehead atoms. The van der Waals surface area contributed by atoms with Crippen LogP contribution in [0.5, 0.6) is 5.75 Å². The number of nitrogens with zero attached hydrogens (tertiary/aromatic N) is 1. The highest BCUT2D eigenvalue weighted by molar-refractivity contribution is 6.12. The lowest BCUT2D eigenvalue weighted by Gasteiger charge is -2.09. The Kier molecular flexibility index (Phi) is 4.97. The van der Waals surface area contributed by atoms with Gasteiger partial charge in [-0.05, 0) is 42.0 Å². The number of hydrogen-bond acceptors (Lipinski definition) is 4. The summed E-state index contributed by atoms with van der Waals surface area (Å²) in [6.07, 6.45) is 1.64. The van der Waals surface area contributed by atoms with E-state index >= 15 is 0 Å². The maximum atomic E-state index is 13.0. The van der Waals surface area contributed by atoms with Gasteiger partial charge in [-0.3, -0.25) is 0 Å². The van der Waals surface area contributed by atoms with Gasteiger partial charge >= 0.3 is 5.97 Å². The maximum Gasteiger partial charge on any atom is 0.363 e. The van der Waals surface area contributed by atoms with Crippen molar-refractivity contribution in [3.8, 4) is 5.75 Å². The zero-order valence-corrected chi connectivity index (χ0v) is 14.8. The number of ether oxygens (including phenoxy) is 2. The Bertz CT molecular complexity index is 1060. The van der Waals surface area contributed by atoms with Crippen molar-refractivity contribution >= 4 is 17.9 Å². The Morgan fingerprint density at radius 1 is 0.929 bits per heavy atom. The number of hydrogen-bond donors (Lipinski definition) is 0. The van der Waals surface area contributed by atoms with Gasteiger partial charge in [0, 0.05) is 11.1 Å². The van der Waals surface area contributed by atoms with Gasteiger partial charge in [-0.15, -0.1) is 0 Å². The number of halogens is 1. The Morgan fingerprint density at radius 3 is 2.43 bits per heavy atom. The largest absolute Gasteiger partial charge is 0.488 e. The number of aliphatic imine (C=N–C) groups is 1. The summed E-state index contributed by atoms with van der Waals surface area (Å²) in [4.78, 5) is 16.5. The highest BCUT2D eigenvalue weighted by Gasteiger charge is 2.24. The molecule has 138 valence electrons. The van der Waals surface area contributed by atoms with Gasteiger partial charge in [0.05, 0.1) is 0 Å². The van der Waals surface area contributed by atoms with Crippen molar-refractivity contribution in [2.75, 3.05) is 0 Å². The number of carbonyl (C=O) groups excluding carboxylic acids is 1. The van der Waals surface area contributed by atoms with Crippen LogP contribution in [0.15, 0.2) is 89.6 Å². The van der Waals surface area contributed by atoms with Crippen LogP contribution < -0.4 is 4.74 Å². The summed E-state index contributed by atoms with van der Waals surface area (Å²) in [7, 11) is 0. The Labute approximate surface area is 161 Å². The van der Waals surface area contributed by atoms with Gasteiger partial charge in [0.1, 0.15) is 18.2 Å². The van der Waals surface area contributed by atoms with Crippen LogP contribution in [-0.2, 0) is 16.1 Å². The molecule has 0 unspecified atom stereocenters. The summed E-state index contributed by atoms with van der Waals surface area (Å²) < 4.78 is 24.2. The van der Waals surface area contributed by atoms with E-state index < -0.39 is 5.97 Å². The minimum Gasteiger partial charge on any atom is -0.488 e. The molecule has 0 N–H and O–H groups in total. The molecule has 0 saturated carbocycles. The third-order valence-electron chi connectivity index (χ3n) is 4.16. The van der Waals surface area contributed by atoms with Gasteiger partial charge in [-0.2, -0.15) is 0 Å². The second-order valence-electron chi connectivity index (χ2n) is 6.16. The molecule has 0 aliphatic carbocycles. The van der Waals surface area contributed by atoms with Gasteiger partial charge < -0.3 is 9.47 Å². The first-order valence-corrected chi connectivity index (χ1v) is 8.73. The standard InChI is InChI=1S/C23H16FNO3/c24-19-12-10-16(11-13-19)15-27-21-9-5-4-8-18(21)14-20-23(26)28-22(25-20)17-6-2-1-3-7-17/h1-14H,15H2/b20-14-. The molecule has 0 atom stereocenters. The van der Waals surface area contributed by atoms with Crippen molar-refractivity contribution in [1.82, 2.24) is 0 Å². The Balaban J connectivity index is 1.57. The maximum absolute atomic E-state index is 13.0. The van der Waals surface area contributed by atoms with E-state index in [1.807, 2.05) is 48.5 Å². The first-order valence-electron chi connectivity index (χ1n) is 8.73. The van der Waals surface area contributed by atoms with Crippen LogP contribution in [0.25, 0.3) is 6.08 Å². The van der Waals surface area contributed by atoms with Crippen LogP contribution >= 0.6 is 0 Å². The molecular formula is C23H16FNO3. The molecule has 3 aromatic carbocycles. The van der Waals surface area contributed by atoms with E-state index in [-0.39, 0.29) is 24.0 Å². The van der Waals surface area contributed by atoms with Crippen LogP contribution in [0.3, 0.4) is 0 Å². The summed E-state index contributed by atoms with van der Waals surface area (Å²) in [5.74, 6) is 0.0740. The average Bonchev–Trinajstić information content (AvgIpc) is 3.10. The van der Waals surface area contributed by atoms with Crippen LogP contribution in [0, 0.1) is 5.82 Å². The number of rotatable bonds is 5. The van der Waals surface area contributed by atoms with E-state index in [1.165, 1.54) is 12.1 Å². The molecule has 0 aromatic heterocycles. The average molecular weight is 373 g/mol. The predicted molar refractivity (Wildman–Crippen MR) is 104 cm³/mol. The quantitative estimate of drug-likeness (QED) is 0.479. The van der Waals surface area contributed by atoms with Crippen molar-refractivity contribution in [3.05, 3.63) is 107 Å². The van der Waals surface area contributed by atoms with Crippen molar-refractivity contribution < 1.29 is 18.7 Å². The fourth-order valence-electron chi connectivity index (χ4n) is 2.73. The Morgan fingerprint density at radius 2 is 1.64 bits per heavy atom. The Hall–Kier alpha value is -3.73. The first-order chi connectivity index (χ1) is 13.7. The van der Waals surface area contributed by atoms with Crippen LogP contribution in [0.1, 0.15) is 16.7 Å². The number of esters is 1. The smallest absolute Gasteiger partial charge is 0.363 e. The van der Waals surface area contributed by atoms with E-state index in [0.717, 1.165) is 11.1 Å².